The van der Waals surface area contributed by atoms with Crippen LogP contribution in [0.5, 0.6) is 0 Å². The highest BCUT2D eigenvalue weighted by atomic mass is 31.2. The summed E-state index contributed by atoms with van der Waals surface area (Å²) in [6.45, 7) is 13.7. The van der Waals surface area contributed by atoms with Crippen molar-refractivity contribution in [3.63, 3.8) is 0 Å². The van der Waals surface area contributed by atoms with Crippen molar-refractivity contribution < 1.29 is 19.2 Å². The minimum atomic E-state index is -4.64. The number of rotatable bonds is 8. The fourth-order valence-electron chi connectivity index (χ4n) is 1.51. The smallest absolute Gasteiger partial charge is 0.303 e. The molecule has 0 aromatic rings. The molecule has 0 saturated heterocycles. The van der Waals surface area contributed by atoms with Crippen molar-refractivity contribution in [1.29, 1.82) is 0 Å². The van der Waals surface area contributed by atoms with Crippen molar-refractivity contribution >= 4 is 7.82 Å². The highest BCUT2D eigenvalue weighted by Crippen LogP contribution is 2.25. The Morgan fingerprint density at radius 2 is 1.00 bits per heavy atom. The van der Waals surface area contributed by atoms with E-state index in [0.717, 1.165) is 11.8 Å². The summed E-state index contributed by atoms with van der Waals surface area (Å²) in [7, 11) is -4.64. The van der Waals surface area contributed by atoms with E-state index in [2.05, 4.69) is 41.5 Å². The van der Waals surface area contributed by atoms with Crippen molar-refractivity contribution in [3.8, 4) is 0 Å². The number of phosphoric acid groups is 1. The third-order valence-electron chi connectivity index (χ3n) is 3.49. The maximum absolute atomic E-state index is 8.88. The Hall–Kier alpha value is 0.110. The molecule has 0 saturated carbocycles. The molecule has 0 heterocycles. The molecule has 132 valence electrons. The summed E-state index contributed by atoms with van der Waals surface area (Å²) in [4.78, 5) is 21.6. The summed E-state index contributed by atoms with van der Waals surface area (Å²) in [6.07, 6.45) is 11.1. The standard InChI is InChI=1S/2C8H18.H3O4P/c2*1-4-6-7-8(3)5-2;1-5(2,3)4/h2*8H,4-7H2,1-3H3;(H3,1,2,3,4). The van der Waals surface area contributed by atoms with E-state index < -0.39 is 7.82 Å². The average molecular weight is 326 g/mol. The van der Waals surface area contributed by atoms with E-state index in [-0.39, 0.29) is 0 Å². The van der Waals surface area contributed by atoms with Crippen LogP contribution in [-0.4, -0.2) is 14.7 Å². The van der Waals surface area contributed by atoms with E-state index in [0.29, 0.717) is 0 Å². The van der Waals surface area contributed by atoms with Gasteiger partial charge in [-0.25, -0.2) is 4.57 Å². The molecule has 0 aliphatic rings. The highest BCUT2D eigenvalue weighted by Gasteiger charge is 2.00. The molecule has 5 heteroatoms. The fourth-order valence-corrected chi connectivity index (χ4v) is 1.51. The summed E-state index contributed by atoms with van der Waals surface area (Å²) in [5.74, 6) is 1.91. The molecule has 0 rings (SSSR count). The Kier molecular flexibility index (Phi) is 22.5. The molecule has 0 aliphatic carbocycles. The van der Waals surface area contributed by atoms with E-state index in [4.69, 9.17) is 19.2 Å². The molecular formula is C16H39O4P. The van der Waals surface area contributed by atoms with Crippen molar-refractivity contribution in [2.45, 2.75) is 92.9 Å². The molecule has 21 heavy (non-hydrogen) atoms. The predicted octanol–water partition coefficient (Wildman–Crippen LogP) is 5.52. The Morgan fingerprint density at radius 1 is 0.762 bits per heavy atom. The minimum Gasteiger partial charge on any atom is -0.303 e. The quantitative estimate of drug-likeness (QED) is 0.513. The van der Waals surface area contributed by atoms with Gasteiger partial charge >= 0.3 is 7.82 Å². The lowest BCUT2D eigenvalue weighted by molar-refractivity contribution is 0.275. The van der Waals surface area contributed by atoms with Crippen LogP contribution in [0.2, 0.25) is 0 Å². The minimum absolute atomic E-state index is 0.954. The molecule has 0 aliphatic heterocycles. The molecule has 0 amide bonds. The van der Waals surface area contributed by atoms with E-state index in [1.165, 1.54) is 51.4 Å². The molecule has 0 aromatic carbocycles. The predicted molar refractivity (Wildman–Crippen MR) is 92.2 cm³/mol. The summed E-state index contributed by atoms with van der Waals surface area (Å²) >= 11 is 0. The van der Waals surface area contributed by atoms with E-state index >= 15 is 0 Å². The van der Waals surface area contributed by atoms with Crippen molar-refractivity contribution in [2.24, 2.45) is 11.8 Å². The molecule has 2 atom stereocenters. The summed E-state index contributed by atoms with van der Waals surface area (Å²) < 4.78 is 8.88. The van der Waals surface area contributed by atoms with Gasteiger partial charge in [-0.3, -0.25) is 0 Å². The van der Waals surface area contributed by atoms with Gasteiger partial charge < -0.3 is 14.7 Å². The Morgan fingerprint density at radius 3 is 1.14 bits per heavy atom. The van der Waals surface area contributed by atoms with Gasteiger partial charge in [0.1, 0.15) is 0 Å². The van der Waals surface area contributed by atoms with E-state index in [1.807, 2.05) is 0 Å². The van der Waals surface area contributed by atoms with Gasteiger partial charge in [0.25, 0.3) is 0 Å². The summed E-state index contributed by atoms with van der Waals surface area (Å²) in [6, 6.07) is 0. The van der Waals surface area contributed by atoms with Crippen LogP contribution in [0.3, 0.4) is 0 Å². The molecule has 4 nitrogen and oxygen atoms in total. The largest absolute Gasteiger partial charge is 0.466 e. The average Bonchev–Trinajstić information content (AvgIpc) is 2.40. The van der Waals surface area contributed by atoms with Crippen LogP contribution in [0.15, 0.2) is 0 Å². The Balaban J connectivity index is -0.000000239. The number of hydrogen-bond acceptors (Lipinski definition) is 1. The Labute approximate surface area is 132 Å². The lowest BCUT2D eigenvalue weighted by Gasteiger charge is -2.04. The van der Waals surface area contributed by atoms with Gasteiger partial charge in [-0.15, -0.1) is 0 Å². The second kappa shape index (κ2) is 18.2. The van der Waals surface area contributed by atoms with Gasteiger partial charge in [0.15, 0.2) is 0 Å². The van der Waals surface area contributed by atoms with Crippen LogP contribution in [0.4, 0.5) is 0 Å². The second-order valence-corrected chi connectivity index (χ2v) is 6.85. The van der Waals surface area contributed by atoms with Gasteiger partial charge in [0.05, 0.1) is 0 Å². The maximum Gasteiger partial charge on any atom is 0.466 e. The second-order valence-electron chi connectivity index (χ2n) is 5.82. The van der Waals surface area contributed by atoms with Crippen LogP contribution in [0.25, 0.3) is 0 Å². The SMILES string of the molecule is CCCCC(C)CC.CCCCC(C)CC.O=P(O)(O)O. The van der Waals surface area contributed by atoms with E-state index in [1.54, 1.807) is 0 Å². The maximum atomic E-state index is 8.88. The van der Waals surface area contributed by atoms with Crippen LogP contribution < -0.4 is 0 Å². The zero-order chi connectivity index (χ0) is 17.3. The van der Waals surface area contributed by atoms with Gasteiger partial charge in [0, 0.05) is 0 Å². The first-order valence-electron chi connectivity index (χ1n) is 8.40. The molecule has 0 bridgehead atoms. The van der Waals surface area contributed by atoms with Crippen LogP contribution >= 0.6 is 7.82 Å². The van der Waals surface area contributed by atoms with Crippen LogP contribution in [0, 0.1) is 11.8 Å². The van der Waals surface area contributed by atoms with Crippen LogP contribution in [0.1, 0.15) is 92.9 Å². The first kappa shape index (κ1) is 26.0. The van der Waals surface area contributed by atoms with Gasteiger partial charge in [-0.05, 0) is 11.8 Å². The monoisotopic (exact) mass is 326 g/mol. The normalized spacial score (nSPS) is 13.4. The molecule has 3 N–H and O–H groups in total. The fraction of sp³-hybridized carbons (Fsp3) is 1.00. The van der Waals surface area contributed by atoms with E-state index in [9.17, 15) is 0 Å². The zero-order valence-corrected chi connectivity index (χ0v) is 15.9. The number of hydrogen-bond donors (Lipinski definition) is 3. The third kappa shape index (κ3) is 45.0. The van der Waals surface area contributed by atoms with Crippen molar-refractivity contribution in [1.82, 2.24) is 0 Å². The number of unbranched alkanes of at least 4 members (excludes halogenated alkanes) is 2. The first-order chi connectivity index (χ1) is 9.62. The molecule has 2 unspecified atom stereocenters. The van der Waals surface area contributed by atoms with Gasteiger partial charge in [-0.2, -0.15) is 0 Å². The molecule has 0 aromatic heterocycles. The Bertz CT molecular complexity index is 206. The lowest BCUT2D eigenvalue weighted by Crippen LogP contribution is -1.89. The van der Waals surface area contributed by atoms with Gasteiger partial charge in [-0.1, -0.05) is 92.9 Å². The summed E-state index contributed by atoms with van der Waals surface area (Å²) in [5, 5.41) is 0. The van der Waals surface area contributed by atoms with Gasteiger partial charge in [0.2, 0.25) is 0 Å². The summed E-state index contributed by atoms with van der Waals surface area (Å²) in [5.41, 5.74) is 0. The molecule has 0 fully saturated rings. The zero-order valence-electron chi connectivity index (χ0n) is 15.0. The highest BCUT2D eigenvalue weighted by molar-refractivity contribution is 7.45. The third-order valence-corrected chi connectivity index (χ3v) is 3.49. The lowest BCUT2D eigenvalue weighted by atomic mass is 10.0. The van der Waals surface area contributed by atoms with Crippen molar-refractivity contribution in [3.05, 3.63) is 0 Å². The molecule has 0 spiro atoms. The molecular weight excluding hydrogens is 287 g/mol. The molecule has 0 radical (unpaired) electrons. The first-order valence-corrected chi connectivity index (χ1v) is 9.96. The topological polar surface area (TPSA) is 77.8 Å². The van der Waals surface area contributed by atoms with Crippen molar-refractivity contribution in [2.75, 3.05) is 0 Å². The van der Waals surface area contributed by atoms with Crippen LogP contribution in [-0.2, 0) is 4.57 Å².